The largest absolute Gasteiger partial charge is 0.395 e. The maximum absolute atomic E-state index is 9.25. The van der Waals surface area contributed by atoms with Crippen LogP contribution in [0.25, 0.3) is 0 Å². The van der Waals surface area contributed by atoms with Gasteiger partial charge in [-0.3, -0.25) is 0 Å². The lowest BCUT2D eigenvalue weighted by Gasteiger charge is -2.24. The summed E-state index contributed by atoms with van der Waals surface area (Å²) in [6, 6.07) is 2.81. The van der Waals surface area contributed by atoms with Crippen LogP contribution in [0.3, 0.4) is 0 Å². The molecule has 0 radical (unpaired) electrons. The summed E-state index contributed by atoms with van der Waals surface area (Å²) in [5, 5.41) is 21.6. The summed E-state index contributed by atoms with van der Waals surface area (Å²) in [6.07, 6.45) is 4.20. The molecule has 3 heteroatoms. The molecule has 0 aliphatic heterocycles. The van der Waals surface area contributed by atoms with Crippen LogP contribution < -0.4 is 5.32 Å². The summed E-state index contributed by atoms with van der Waals surface area (Å²) < 4.78 is 0. The second-order valence-corrected chi connectivity index (χ2v) is 4.95. The molecule has 3 nitrogen and oxygen atoms in total. The monoisotopic (exact) mass is 210 g/mol. The molecule has 0 bridgehead atoms. The predicted molar refractivity (Wildman–Crippen MR) is 60.2 cm³/mol. The average molecular weight is 210 g/mol. The van der Waals surface area contributed by atoms with Crippen molar-refractivity contribution < 1.29 is 5.11 Å². The van der Waals surface area contributed by atoms with Crippen LogP contribution in [0, 0.1) is 23.2 Å². The molecule has 15 heavy (non-hydrogen) atoms. The van der Waals surface area contributed by atoms with E-state index in [1.54, 1.807) is 0 Å². The molecule has 3 atom stereocenters. The van der Waals surface area contributed by atoms with Gasteiger partial charge in [0.25, 0.3) is 0 Å². The van der Waals surface area contributed by atoms with Crippen molar-refractivity contribution in [3.8, 4) is 6.07 Å². The summed E-state index contributed by atoms with van der Waals surface area (Å²) in [6.45, 7) is 4.48. The fourth-order valence-corrected chi connectivity index (χ4v) is 2.38. The van der Waals surface area contributed by atoms with Crippen LogP contribution >= 0.6 is 0 Å². The van der Waals surface area contributed by atoms with Gasteiger partial charge in [-0.05, 0) is 25.2 Å². The topological polar surface area (TPSA) is 56.0 Å². The highest BCUT2D eigenvalue weighted by molar-refractivity contribution is 4.97. The number of nitrogens with one attached hydrogen (secondary N) is 1. The van der Waals surface area contributed by atoms with E-state index >= 15 is 0 Å². The van der Waals surface area contributed by atoms with Gasteiger partial charge in [0, 0.05) is 12.1 Å². The van der Waals surface area contributed by atoms with Crippen LogP contribution in [-0.2, 0) is 0 Å². The van der Waals surface area contributed by atoms with Gasteiger partial charge in [0.2, 0.25) is 0 Å². The van der Waals surface area contributed by atoms with Crippen molar-refractivity contribution in [2.24, 2.45) is 11.8 Å². The number of aliphatic hydroxyl groups is 1. The van der Waals surface area contributed by atoms with Crippen LogP contribution in [0.5, 0.6) is 0 Å². The quantitative estimate of drug-likeness (QED) is 0.726. The van der Waals surface area contributed by atoms with Gasteiger partial charge in [0.05, 0.1) is 18.6 Å². The van der Waals surface area contributed by atoms with E-state index in [9.17, 15) is 5.11 Å². The zero-order valence-corrected chi connectivity index (χ0v) is 9.74. The number of aliphatic hydroxyl groups excluding tert-OH is 1. The molecular formula is C12H22N2O. The fourth-order valence-electron chi connectivity index (χ4n) is 2.38. The standard InChI is InChI=1S/C12H22N2O/c1-9(2)6-11(8-15)14-12-5-3-4-10(12)7-13/h9-12,14-15H,3-6,8H2,1-2H3. The smallest absolute Gasteiger partial charge is 0.0672 e. The Morgan fingerprint density at radius 1 is 1.47 bits per heavy atom. The molecule has 1 aliphatic carbocycles. The molecule has 1 fully saturated rings. The Hall–Kier alpha value is -0.590. The Kier molecular flexibility index (Phi) is 5.07. The average Bonchev–Trinajstić information content (AvgIpc) is 2.63. The van der Waals surface area contributed by atoms with Gasteiger partial charge in [-0.2, -0.15) is 5.26 Å². The summed E-state index contributed by atoms with van der Waals surface area (Å²) in [5.41, 5.74) is 0. The highest BCUT2D eigenvalue weighted by atomic mass is 16.3. The number of hydrogen-bond acceptors (Lipinski definition) is 3. The van der Waals surface area contributed by atoms with Gasteiger partial charge >= 0.3 is 0 Å². The zero-order valence-electron chi connectivity index (χ0n) is 9.74. The molecule has 0 spiro atoms. The lowest BCUT2D eigenvalue weighted by Crippen LogP contribution is -2.42. The van der Waals surface area contributed by atoms with Gasteiger partial charge in [-0.1, -0.05) is 20.3 Å². The molecule has 0 aromatic rings. The fraction of sp³-hybridized carbons (Fsp3) is 0.917. The van der Waals surface area contributed by atoms with E-state index in [2.05, 4.69) is 25.2 Å². The molecule has 0 amide bonds. The van der Waals surface area contributed by atoms with Crippen molar-refractivity contribution in [1.29, 1.82) is 5.26 Å². The maximum atomic E-state index is 9.25. The van der Waals surface area contributed by atoms with E-state index in [4.69, 9.17) is 5.26 Å². The SMILES string of the molecule is CC(C)CC(CO)NC1CCCC1C#N. The van der Waals surface area contributed by atoms with Gasteiger partial charge in [0.1, 0.15) is 0 Å². The van der Waals surface area contributed by atoms with E-state index in [0.29, 0.717) is 12.0 Å². The third-order valence-electron chi connectivity index (χ3n) is 3.11. The van der Waals surface area contributed by atoms with Crippen molar-refractivity contribution in [2.45, 2.75) is 51.6 Å². The first-order valence-corrected chi connectivity index (χ1v) is 5.94. The molecule has 1 saturated carbocycles. The Morgan fingerprint density at radius 3 is 2.73 bits per heavy atom. The van der Waals surface area contributed by atoms with Crippen molar-refractivity contribution in [1.82, 2.24) is 5.32 Å². The summed E-state index contributed by atoms with van der Waals surface area (Å²) in [4.78, 5) is 0. The van der Waals surface area contributed by atoms with Crippen LogP contribution in [0.1, 0.15) is 39.5 Å². The number of rotatable bonds is 5. The second-order valence-electron chi connectivity index (χ2n) is 4.95. The first kappa shape index (κ1) is 12.5. The molecule has 1 rings (SSSR count). The normalized spacial score (nSPS) is 27.9. The van der Waals surface area contributed by atoms with E-state index in [0.717, 1.165) is 25.7 Å². The van der Waals surface area contributed by atoms with Gasteiger partial charge in [-0.15, -0.1) is 0 Å². The minimum atomic E-state index is 0.145. The highest BCUT2D eigenvalue weighted by Gasteiger charge is 2.28. The minimum absolute atomic E-state index is 0.145. The third-order valence-corrected chi connectivity index (χ3v) is 3.11. The van der Waals surface area contributed by atoms with Gasteiger partial charge in [-0.25, -0.2) is 0 Å². The molecule has 0 aromatic heterocycles. The van der Waals surface area contributed by atoms with E-state index in [-0.39, 0.29) is 18.6 Å². The Morgan fingerprint density at radius 2 is 2.20 bits per heavy atom. The Labute approximate surface area is 92.5 Å². The number of nitrogens with zero attached hydrogens (tertiary/aromatic N) is 1. The maximum Gasteiger partial charge on any atom is 0.0672 e. The molecular weight excluding hydrogens is 188 g/mol. The molecule has 1 aliphatic rings. The molecule has 0 saturated heterocycles. The summed E-state index contributed by atoms with van der Waals surface area (Å²) in [7, 11) is 0. The van der Waals surface area contributed by atoms with Gasteiger partial charge in [0.15, 0.2) is 0 Å². The Balaban J connectivity index is 2.41. The molecule has 0 aromatic carbocycles. The van der Waals surface area contributed by atoms with Gasteiger partial charge < -0.3 is 10.4 Å². The number of nitriles is 1. The van der Waals surface area contributed by atoms with E-state index in [1.807, 2.05) is 0 Å². The lowest BCUT2D eigenvalue weighted by atomic mass is 10.0. The van der Waals surface area contributed by atoms with Crippen molar-refractivity contribution >= 4 is 0 Å². The predicted octanol–water partition coefficient (Wildman–Crippen LogP) is 1.68. The van der Waals surface area contributed by atoms with Crippen molar-refractivity contribution in [2.75, 3.05) is 6.61 Å². The molecule has 86 valence electrons. The lowest BCUT2D eigenvalue weighted by molar-refractivity contribution is 0.208. The van der Waals surface area contributed by atoms with Crippen molar-refractivity contribution in [3.05, 3.63) is 0 Å². The van der Waals surface area contributed by atoms with E-state index in [1.165, 1.54) is 0 Å². The van der Waals surface area contributed by atoms with Crippen LogP contribution in [0.15, 0.2) is 0 Å². The summed E-state index contributed by atoms with van der Waals surface area (Å²) in [5.74, 6) is 0.725. The first-order valence-electron chi connectivity index (χ1n) is 5.94. The highest BCUT2D eigenvalue weighted by Crippen LogP contribution is 2.25. The van der Waals surface area contributed by atoms with Crippen LogP contribution in [0.4, 0.5) is 0 Å². The van der Waals surface area contributed by atoms with Crippen LogP contribution in [-0.4, -0.2) is 23.8 Å². The molecule has 3 unspecified atom stereocenters. The first-order chi connectivity index (χ1) is 7.17. The van der Waals surface area contributed by atoms with Crippen molar-refractivity contribution in [3.63, 3.8) is 0 Å². The minimum Gasteiger partial charge on any atom is -0.395 e. The number of hydrogen-bond donors (Lipinski definition) is 2. The van der Waals surface area contributed by atoms with E-state index < -0.39 is 0 Å². The second kappa shape index (κ2) is 6.09. The molecule has 0 heterocycles. The molecule has 2 N–H and O–H groups in total. The Bertz CT molecular complexity index is 222. The third kappa shape index (κ3) is 3.81. The van der Waals surface area contributed by atoms with Crippen LogP contribution in [0.2, 0.25) is 0 Å². The zero-order chi connectivity index (χ0) is 11.3. The summed E-state index contributed by atoms with van der Waals surface area (Å²) >= 11 is 0.